The van der Waals surface area contributed by atoms with E-state index in [9.17, 15) is 18.5 Å². The van der Waals surface area contributed by atoms with Crippen LogP contribution in [0.15, 0.2) is 35.4 Å². The number of fused-ring (bicyclic) bond motifs is 1. The van der Waals surface area contributed by atoms with Gasteiger partial charge in [-0.05, 0) is 18.2 Å². The van der Waals surface area contributed by atoms with Crippen molar-refractivity contribution in [2.45, 2.75) is 4.90 Å². The highest BCUT2D eigenvalue weighted by molar-refractivity contribution is 8.14. The highest BCUT2D eigenvalue weighted by Gasteiger charge is 2.20. The molecule has 1 heterocycles. The molecule has 0 saturated carbocycles. The Morgan fingerprint density at radius 3 is 2.59 bits per heavy atom. The zero-order valence-corrected chi connectivity index (χ0v) is 9.77. The number of halogens is 1. The summed E-state index contributed by atoms with van der Waals surface area (Å²) >= 11 is 0. The van der Waals surface area contributed by atoms with Crippen molar-refractivity contribution in [1.82, 2.24) is 4.98 Å². The second kappa shape index (κ2) is 3.94. The number of nitro benzene ring substituents is 1. The normalized spacial score (nSPS) is 11.6. The van der Waals surface area contributed by atoms with Gasteiger partial charge < -0.3 is 0 Å². The van der Waals surface area contributed by atoms with E-state index < -0.39 is 14.0 Å². The minimum Gasteiger partial charge on any atom is -0.258 e. The molecule has 0 N–H and O–H groups in total. The number of nitro groups is 1. The smallest absolute Gasteiger partial charge is 0.258 e. The Morgan fingerprint density at radius 2 is 2.00 bits per heavy atom. The van der Waals surface area contributed by atoms with Gasteiger partial charge in [-0.1, -0.05) is 0 Å². The molecule has 0 atom stereocenters. The molecule has 1 aromatic heterocycles. The SMILES string of the molecule is O=[N+]([O-])c1ccc(S(=O)(=O)Cl)c2cccnc12. The molecule has 0 spiro atoms. The summed E-state index contributed by atoms with van der Waals surface area (Å²) in [5.74, 6) is 0. The summed E-state index contributed by atoms with van der Waals surface area (Å²) in [7, 11) is 1.28. The molecule has 0 fully saturated rings. The molecule has 0 amide bonds. The largest absolute Gasteiger partial charge is 0.295 e. The van der Waals surface area contributed by atoms with Crippen molar-refractivity contribution in [2.75, 3.05) is 0 Å². The van der Waals surface area contributed by atoms with Crippen LogP contribution < -0.4 is 0 Å². The summed E-state index contributed by atoms with van der Waals surface area (Å²) in [6.07, 6.45) is 1.35. The molecule has 0 aliphatic carbocycles. The summed E-state index contributed by atoms with van der Waals surface area (Å²) in [6, 6.07) is 5.08. The topological polar surface area (TPSA) is 90.2 Å². The van der Waals surface area contributed by atoms with Crippen LogP contribution in [0.1, 0.15) is 0 Å². The van der Waals surface area contributed by atoms with Crippen LogP contribution in [0.4, 0.5) is 5.69 Å². The van der Waals surface area contributed by atoms with Crippen LogP contribution in [0.3, 0.4) is 0 Å². The van der Waals surface area contributed by atoms with Gasteiger partial charge in [0.15, 0.2) is 0 Å². The van der Waals surface area contributed by atoms with Crippen molar-refractivity contribution >= 4 is 36.3 Å². The fraction of sp³-hybridized carbons (Fsp3) is 0. The Morgan fingerprint density at radius 1 is 1.29 bits per heavy atom. The number of nitrogens with zero attached hydrogens (tertiary/aromatic N) is 2. The fourth-order valence-corrected chi connectivity index (χ4v) is 2.55. The highest BCUT2D eigenvalue weighted by Crippen LogP contribution is 2.30. The lowest BCUT2D eigenvalue weighted by Crippen LogP contribution is -1.97. The Bertz CT molecular complexity index is 714. The molecule has 0 unspecified atom stereocenters. The number of aromatic nitrogens is 1. The third kappa shape index (κ3) is 2.06. The first kappa shape index (κ1) is 11.7. The van der Waals surface area contributed by atoms with Gasteiger partial charge in [0.2, 0.25) is 0 Å². The lowest BCUT2D eigenvalue weighted by molar-refractivity contribution is -0.383. The molecule has 2 aromatic rings. The van der Waals surface area contributed by atoms with Gasteiger partial charge >= 0.3 is 0 Å². The molecule has 0 aliphatic heterocycles. The van der Waals surface area contributed by atoms with E-state index in [0.29, 0.717) is 0 Å². The molecule has 2 rings (SSSR count). The number of rotatable bonds is 2. The molecule has 8 heteroatoms. The lowest BCUT2D eigenvalue weighted by atomic mass is 10.2. The third-order valence-corrected chi connectivity index (χ3v) is 3.55. The molecule has 0 bridgehead atoms. The average Bonchev–Trinajstić information content (AvgIpc) is 2.26. The van der Waals surface area contributed by atoms with Gasteiger partial charge in [0.25, 0.3) is 14.7 Å². The molecule has 1 aromatic carbocycles. The molecule has 0 aliphatic rings. The average molecular weight is 273 g/mol. The molecule has 6 nitrogen and oxygen atoms in total. The van der Waals surface area contributed by atoms with Crippen LogP contribution >= 0.6 is 10.7 Å². The second-order valence-electron chi connectivity index (χ2n) is 3.18. The van der Waals surface area contributed by atoms with Crippen molar-refractivity contribution in [3.63, 3.8) is 0 Å². The summed E-state index contributed by atoms with van der Waals surface area (Å²) in [6.45, 7) is 0. The van der Waals surface area contributed by atoms with Gasteiger partial charge in [-0.25, -0.2) is 13.4 Å². The fourth-order valence-electron chi connectivity index (χ4n) is 1.49. The maximum atomic E-state index is 11.3. The van der Waals surface area contributed by atoms with Gasteiger partial charge in [0, 0.05) is 28.3 Å². The first-order valence-electron chi connectivity index (χ1n) is 4.38. The summed E-state index contributed by atoms with van der Waals surface area (Å²) in [5, 5.41) is 10.9. The minimum absolute atomic E-state index is 0.000718. The molecule has 0 radical (unpaired) electrons. The van der Waals surface area contributed by atoms with Gasteiger partial charge in [-0.2, -0.15) is 0 Å². The first-order valence-corrected chi connectivity index (χ1v) is 6.69. The maximum absolute atomic E-state index is 11.3. The van der Waals surface area contributed by atoms with Crippen LogP contribution in [-0.2, 0) is 9.05 Å². The monoisotopic (exact) mass is 272 g/mol. The van der Waals surface area contributed by atoms with Crippen molar-refractivity contribution in [2.24, 2.45) is 0 Å². The van der Waals surface area contributed by atoms with Gasteiger partial charge in [0.1, 0.15) is 5.52 Å². The Balaban J connectivity index is 2.95. The number of hydrogen-bond acceptors (Lipinski definition) is 5. The van der Waals surface area contributed by atoms with Crippen LogP contribution in [0, 0.1) is 10.1 Å². The van der Waals surface area contributed by atoms with Crippen molar-refractivity contribution < 1.29 is 13.3 Å². The Labute approximate surface area is 100 Å². The molecule has 0 saturated heterocycles. The van der Waals surface area contributed by atoms with E-state index in [1.54, 1.807) is 0 Å². The number of benzene rings is 1. The van der Waals surface area contributed by atoms with Crippen LogP contribution in [0.25, 0.3) is 10.9 Å². The number of hydrogen-bond donors (Lipinski definition) is 0. The predicted molar refractivity (Wildman–Crippen MR) is 61.4 cm³/mol. The standard InChI is InChI=1S/C9H5ClN2O4S/c10-17(15,16)8-4-3-7(12(13)14)9-6(8)2-1-5-11-9/h1-5H. The summed E-state index contributed by atoms with van der Waals surface area (Å²) in [4.78, 5) is 13.8. The van der Waals surface area contributed by atoms with Crippen LogP contribution in [-0.4, -0.2) is 18.3 Å². The molecular formula is C9H5ClN2O4S. The Kier molecular flexibility index (Phi) is 2.72. The predicted octanol–water partition coefficient (Wildman–Crippen LogP) is 2.07. The highest BCUT2D eigenvalue weighted by atomic mass is 35.7. The van der Waals surface area contributed by atoms with E-state index in [2.05, 4.69) is 4.98 Å². The van der Waals surface area contributed by atoms with Crippen molar-refractivity contribution in [3.05, 3.63) is 40.6 Å². The van der Waals surface area contributed by atoms with E-state index in [1.165, 1.54) is 18.3 Å². The minimum atomic E-state index is -3.96. The van der Waals surface area contributed by atoms with Crippen LogP contribution in [0.5, 0.6) is 0 Å². The quantitative estimate of drug-likeness (QED) is 0.474. The summed E-state index contributed by atoms with van der Waals surface area (Å²) < 4.78 is 22.6. The number of pyridine rings is 1. The van der Waals surface area contributed by atoms with E-state index in [0.717, 1.165) is 12.1 Å². The third-order valence-electron chi connectivity index (χ3n) is 2.17. The van der Waals surface area contributed by atoms with E-state index in [4.69, 9.17) is 10.7 Å². The van der Waals surface area contributed by atoms with Crippen LogP contribution in [0.2, 0.25) is 0 Å². The zero-order valence-electron chi connectivity index (χ0n) is 8.20. The second-order valence-corrected chi connectivity index (χ2v) is 5.71. The Hall–Kier alpha value is -1.73. The van der Waals surface area contributed by atoms with Crippen molar-refractivity contribution in [1.29, 1.82) is 0 Å². The molecule has 88 valence electrons. The lowest BCUT2D eigenvalue weighted by Gasteiger charge is -2.02. The maximum Gasteiger partial charge on any atom is 0.295 e. The van der Waals surface area contributed by atoms with E-state index >= 15 is 0 Å². The van der Waals surface area contributed by atoms with Gasteiger partial charge in [0.05, 0.1) is 9.82 Å². The van der Waals surface area contributed by atoms with E-state index in [-0.39, 0.29) is 21.5 Å². The molecular weight excluding hydrogens is 268 g/mol. The number of non-ortho nitro benzene ring substituents is 1. The summed E-state index contributed by atoms with van der Waals surface area (Å²) in [5.41, 5.74) is -0.260. The first-order chi connectivity index (χ1) is 7.91. The van der Waals surface area contributed by atoms with Gasteiger partial charge in [-0.3, -0.25) is 10.1 Å². The van der Waals surface area contributed by atoms with Crippen molar-refractivity contribution in [3.8, 4) is 0 Å². The zero-order chi connectivity index (χ0) is 12.6. The van der Waals surface area contributed by atoms with E-state index in [1.807, 2.05) is 0 Å². The molecule has 17 heavy (non-hydrogen) atoms. The van der Waals surface area contributed by atoms with Gasteiger partial charge in [-0.15, -0.1) is 0 Å².